The molecule has 2 aliphatic rings. The molecule has 0 saturated carbocycles. The number of aliphatic hydroxyl groups is 1. The predicted molar refractivity (Wildman–Crippen MR) is 84.7 cm³/mol. The molecule has 7 nitrogen and oxygen atoms in total. The Labute approximate surface area is 166 Å². The number of aliphatic hydroxyl groups excluding tert-OH is 1. The van der Waals surface area contributed by atoms with Gasteiger partial charge >= 0.3 is 55.7 Å². The van der Waals surface area contributed by atoms with Gasteiger partial charge in [0.25, 0.3) is 0 Å². The predicted octanol–water partition coefficient (Wildman–Crippen LogP) is 0.00700. The first-order valence-corrected chi connectivity index (χ1v) is 8.13. The number of hydrogen-bond donors (Lipinski definition) is 3. The van der Waals surface area contributed by atoms with E-state index >= 15 is 0 Å². The zero-order chi connectivity index (χ0) is 15.4. The molecule has 2 heterocycles. The molecule has 0 aromatic heterocycles. The first-order chi connectivity index (χ1) is 9.97. The van der Waals surface area contributed by atoms with Crippen molar-refractivity contribution in [3.05, 3.63) is 0 Å². The van der Waals surface area contributed by atoms with Gasteiger partial charge in [0.05, 0.1) is 12.1 Å². The number of carbonyl (C=O) groups is 3. The Bertz CT molecular complexity index is 445. The summed E-state index contributed by atoms with van der Waals surface area (Å²) in [7, 11) is 0. The summed E-state index contributed by atoms with van der Waals surface area (Å²) in [5, 5.41) is 15.1. The van der Waals surface area contributed by atoms with Crippen LogP contribution in [-0.4, -0.2) is 90.0 Å². The van der Waals surface area contributed by atoms with E-state index in [4.69, 9.17) is 5.11 Å². The van der Waals surface area contributed by atoms with Gasteiger partial charge in [-0.25, -0.2) is 9.59 Å². The number of urea groups is 1. The maximum absolute atomic E-state index is 11.4. The number of rotatable bonds is 6. The number of unbranched alkanes of at least 4 members (excludes halogenated alkanes) is 1. The molecule has 0 aliphatic carbocycles. The van der Waals surface area contributed by atoms with E-state index in [9.17, 15) is 14.4 Å². The topological polar surface area (TPSA) is 105 Å². The number of esters is 2. The second-order valence-corrected chi connectivity index (χ2v) is 6.61. The fourth-order valence-electron chi connectivity index (χ4n) is 2.51. The molecule has 2 saturated heterocycles. The van der Waals surface area contributed by atoms with Crippen molar-refractivity contribution in [3.8, 4) is 0 Å². The Morgan fingerprint density at radius 3 is 2.86 bits per heavy atom. The van der Waals surface area contributed by atoms with Gasteiger partial charge in [0.2, 0.25) is 0 Å². The quantitative estimate of drug-likeness (QED) is 0.203. The maximum atomic E-state index is 11.4. The Hall–Kier alpha value is -0.0203. The van der Waals surface area contributed by atoms with E-state index in [1.54, 1.807) is 0 Å². The molecule has 3 N–H and O–H groups in total. The summed E-state index contributed by atoms with van der Waals surface area (Å²) in [5.41, 5.74) is 0. The molecule has 1 unspecified atom stereocenters. The minimum absolute atomic E-state index is 0. The van der Waals surface area contributed by atoms with Crippen molar-refractivity contribution in [2.45, 2.75) is 56.0 Å². The van der Waals surface area contributed by atoms with Crippen LogP contribution in [-0.2, 0) is 14.3 Å². The van der Waals surface area contributed by atoms with E-state index in [1.807, 2.05) is 11.8 Å². The molecule has 0 radical (unpaired) electrons. The smallest absolute Gasteiger partial charge is 1.00 e. The fraction of sp³-hybridized carbons (Fsp3) is 0.769. The SMILES string of the molecule is CC(O)C(=O)OC(=O)CCCC[C@@H]1SC[C@@H]2NC(=O)N[C@@H]21.[Ca+2].[H-].[H-]. The average molecular weight is 358 g/mol. The van der Waals surface area contributed by atoms with Crippen molar-refractivity contribution in [2.75, 3.05) is 5.75 Å². The summed E-state index contributed by atoms with van der Waals surface area (Å²) in [6.07, 6.45) is 1.25. The molecule has 4 atom stereocenters. The second kappa shape index (κ2) is 9.32. The van der Waals surface area contributed by atoms with Crippen molar-refractivity contribution in [2.24, 2.45) is 0 Å². The van der Waals surface area contributed by atoms with Gasteiger partial charge in [0.15, 0.2) is 0 Å². The molecule has 0 bridgehead atoms. The largest absolute Gasteiger partial charge is 2.00 e. The zero-order valence-electron chi connectivity index (χ0n) is 14.5. The van der Waals surface area contributed by atoms with Gasteiger partial charge < -0.3 is 23.3 Å². The summed E-state index contributed by atoms with van der Waals surface area (Å²) in [5.74, 6) is -0.596. The molecule has 2 rings (SSSR count). The molecule has 22 heavy (non-hydrogen) atoms. The van der Waals surface area contributed by atoms with E-state index < -0.39 is 18.0 Å². The maximum Gasteiger partial charge on any atom is 2.00 e. The zero-order valence-corrected chi connectivity index (χ0v) is 15.6. The summed E-state index contributed by atoms with van der Waals surface area (Å²) >= 11 is 1.83. The van der Waals surface area contributed by atoms with Gasteiger partial charge in [-0.3, -0.25) is 4.79 Å². The number of nitrogens with one attached hydrogen (secondary N) is 2. The number of carbonyl (C=O) groups excluding carboxylic acids is 3. The molecule has 0 aromatic carbocycles. The van der Waals surface area contributed by atoms with Crippen molar-refractivity contribution < 1.29 is 27.1 Å². The van der Waals surface area contributed by atoms with Gasteiger partial charge in [-0.1, -0.05) is 6.42 Å². The number of thioether (sulfide) groups is 1. The van der Waals surface area contributed by atoms with Crippen LogP contribution in [0.3, 0.4) is 0 Å². The monoisotopic (exact) mass is 358 g/mol. The summed E-state index contributed by atoms with van der Waals surface area (Å²) in [6.45, 7) is 1.26. The first-order valence-electron chi connectivity index (χ1n) is 7.08. The molecule has 2 amide bonds. The standard InChI is InChI=1S/C13H20N2O5S.Ca.2H/c1-7(16)12(18)20-10(17)5-3-2-4-9-11-8(6-21-9)14-13(19)15-11;;;/h7-9,11,16H,2-6H2,1H3,(H2,14,15,19);;;/q;+2;2*-1/t7?,8-,9-,11-;;;/m0.../s1. The summed E-state index contributed by atoms with van der Waals surface area (Å²) < 4.78 is 4.47. The first kappa shape index (κ1) is 20.0. The van der Waals surface area contributed by atoms with Gasteiger partial charge in [0, 0.05) is 17.4 Å². The Kier molecular flexibility index (Phi) is 8.48. The van der Waals surface area contributed by atoms with Crippen LogP contribution in [0.2, 0.25) is 0 Å². The molecule has 2 fully saturated rings. The molecular weight excluding hydrogens is 336 g/mol. The van der Waals surface area contributed by atoms with Gasteiger partial charge in [0.1, 0.15) is 6.10 Å². The van der Waals surface area contributed by atoms with Crippen LogP contribution in [0.4, 0.5) is 4.79 Å². The molecular formula is C13H22CaN2O5S. The Morgan fingerprint density at radius 1 is 1.45 bits per heavy atom. The van der Waals surface area contributed by atoms with Crippen molar-refractivity contribution in [1.82, 2.24) is 10.6 Å². The van der Waals surface area contributed by atoms with Gasteiger partial charge in [-0.2, -0.15) is 11.8 Å². The second-order valence-electron chi connectivity index (χ2n) is 5.34. The number of hydrogen-bond acceptors (Lipinski definition) is 6. The van der Waals surface area contributed by atoms with Crippen LogP contribution in [0.1, 0.15) is 35.5 Å². The normalized spacial score (nSPS) is 27.2. The third-order valence-electron chi connectivity index (χ3n) is 3.61. The van der Waals surface area contributed by atoms with E-state index in [0.29, 0.717) is 11.7 Å². The molecule has 122 valence electrons. The fourth-order valence-corrected chi connectivity index (χ4v) is 4.05. The third-order valence-corrected chi connectivity index (χ3v) is 5.12. The third kappa shape index (κ3) is 5.56. The van der Waals surface area contributed by atoms with Crippen LogP contribution in [0.5, 0.6) is 0 Å². The molecule has 9 heteroatoms. The van der Waals surface area contributed by atoms with Crippen molar-refractivity contribution in [3.63, 3.8) is 0 Å². The number of amides is 2. The molecule has 2 aliphatic heterocycles. The van der Waals surface area contributed by atoms with Crippen LogP contribution >= 0.6 is 11.8 Å². The van der Waals surface area contributed by atoms with E-state index in [0.717, 1.165) is 18.6 Å². The Morgan fingerprint density at radius 2 is 2.18 bits per heavy atom. The van der Waals surface area contributed by atoms with E-state index in [2.05, 4.69) is 15.4 Å². The van der Waals surface area contributed by atoms with Gasteiger partial charge in [-0.15, -0.1) is 0 Å². The Balaban J connectivity index is 0. The minimum atomic E-state index is -1.28. The average Bonchev–Trinajstić information content (AvgIpc) is 2.94. The van der Waals surface area contributed by atoms with Crippen molar-refractivity contribution >= 4 is 67.5 Å². The van der Waals surface area contributed by atoms with Crippen LogP contribution in [0.25, 0.3) is 0 Å². The number of fused-ring (bicyclic) bond motifs is 1. The van der Waals surface area contributed by atoms with Crippen molar-refractivity contribution in [1.29, 1.82) is 0 Å². The summed E-state index contributed by atoms with van der Waals surface area (Å²) in [4.78, 5) is 33.6. The van der Waals surface area contributed by atoms with Crippen LogP contribution in [0.15, 0.2) is 0 Å². The minimum Gasteiger partial charge on any atom is -1.00 e. The van der Waals surface area contributed by atoms with Gasteiger partial charge in [-0.05, 0) is 19.8 Å². The van der Waals surface area contributed by atoms with Crippen LogP contribution < -0.4 is 10.6 Å². The molecule has 0 spiro atoms. The van der Waals surface area contributed by atoms with E-state index in [1.165, 1.54) is 6.92 Å². The van der Waals surface area contributed by atoms with Crippen LogP contribution in [0, 0.1) is 0 Å². The van der Waals surface area contributed by atoms with E-state index in [-0.39, 0.29) is 65.1 Å². The molecule has 0 aromatic rings. The number of ether oxygens (including phenoxy) is 1. The summed E-state index contributed by atoms with van der Waals surface area (Å²) in [6, 6.07) is 0.280.